The minimum absolute atomic E-state index is 0.0976. The van der Waals surface area contributed by atoms with Crippen molar-refractivity contribution < 1.29 is 17.7 Å². The molecule has 1 amide bonds. The van der Waals surface area contributed by atoms with E-state index in [1.165, 1.54) is 22.6 Å². The largest absolute Gasteiger partial charge is 0.360 e. The van der Waals surface area contributed by atoms with Gasteiger partial charge in [-0.15, -0.1) is 11.3 Å². The molecule has 9 nitrogen and oxygen atoms in total. The van der Waals surface area contributed by atoms with Crippen LogP contribution in [0.4, 0.5) is 10.8 Å². The zero-order valence-electron chi connectivity index (χ0n) is 19.1. The maximum atomic E-state index is 13.0. The second-order valence-corrected chi connectivity index (χ2v) is 10.9. The van der Waals surface area contributed by atoms with Crippen LogP contribution in [0.3, 0.4) is 0 Å². The maximum Gasteiger partial charge on any atom is 0.248 e. The molecule has 3 heterocycles. The Balaban J connectivity index is 1.42. The molecule has 4 rings (SSSR count). The van der Waals surface area contributed by atoms with E-state index in [0.29, 0.717) is 49.3 Å². The van der Waals surface area contributed by atoms with Crippen LogP contribution in [0.2, 0.25) is 0 Å². The fourth-order valence-electron chi connectivity index (χ4n) is 3.99. The van der Waals surface area contributed by atoms with Crippen molar-refractivity contribution >= 4 is 38.1 Å². The molecule has 176 valence electrons. The van der Waals surface area contributed by atoms with Crippen molar-refractivity contribution in [2.45, 2.75) is 39.1 Å². The summed E-state index contributed by atoms with van der Waals surface area (Å²) in [5.41, 5.74) is 3.10. The predicted molar refractivity (Wildman–Crippen MR) is 126 cm³/mol. The van der Waals surface area contributed by atoms with Gasteiger partial charge in [-0.3, -0.25) is 14.6 Å². The third-order valence-corrected chi connectivity index (χ3v) is 8.61. The van der Waals surface area contributed by atoms with E-state index >= 15 is 0 Å². The molecule has 3 aromatic rings. The monoisotopic (exact) mass is 489 g/mol. The van der Waals surface area contributed by atoms with Crippen LogP contribution < -0.4 is 4.90 Å². The molecule has 0 saturated carbocycles. The summed E-state index contributed by atoms with van der Waals surface area (Å²) in [6.45, 7) is 9.30. The third kappa shape index (κ3) is 4.86. The number of aromatic nitrogens is 2. The Morgan fingerprint density at radius 3 is 2.52 bits per heavy atom. The Hall–Kier alpha value is -2.60. The lowest BCUT2D eigenvalue weighted by atomic mass is 10.2. The highest BCUT2D eigenvalue weighted by atomic mass is 32.2. The maximum absolute atomic E-state index is 13.0. The van der Waals surface area contributed by atoms with Crippen LogP contribution >= 0.6 is 11.3 Å². The smallest absolute Gasteiger partial charge is 0.248 e. The molecule has 0 unspecified atom stereocenters. The quantitative estimate of drug-likeness (QED) is 0.524. The average molecular weight is 490 g/mol. The number of piperazine rings is 1. The molecule has 0 atom stereocenters. The van der Waals surface area contributed by atoms with E-state index in [9.17, 15) is 13.2 Å². The van der Waals surface area contributed by atoms with E-state index in [4.69, 9.17) is 9.51 Å². The fraction of sp³-hybridized carbons (Fsp3) is 0.409. The number of nitrogens with zero attached hydrogens (tertiary/aromatic N) is 5. The van der Waals surface area contributed by atoms with Crippen molar-refractivity contribution in [3.8, 4) is 0 Å². The molecule has 0 bridgehead atoms. The van der Waals surface area contributed by atoms with Gasteiger partial charge in [-0.05, 0) is 38.5 Å². The van der Waals surface area contributed by atoms with Gasteiger partial charge < -0.3 is 4.52 Å². The van der Waals surface area contributed by atoms with Gasteiger partial charge in [-0.25, -0.2) is 13.4 Å². The number of carbonyl (C=O) groups excluding carboxylic acids is 1. The first-order valence-electron chi connectivity index (χ1n) is 10.6. The van der Waals surface area contributed by atoms with Gasteiger partial charge in [0, 0.05) is 45.0 Å². The van der Waals surface area contributed by atoms with Crippen LogP contribution in [0.5, 0.6) is 0 Å². The molecule has 1 aliphatic rings. The lowest BCUT2D eigenvalue weighted by molar-refractivity contribution is -0.115. The van der Waals surface area contributed by atoms with Crippen LogP contribution in [0, 0.1) is 20.8 Å². The SMILES string of the molecule is CC(=O)N(c1cccc(C)c1)c1nc(CN2CCN(S(=O)(=O)c3c(C)noc3C)CC2)cs1. The topological polar surface area (TPSA) is 99.9 Å². The summed E-state index contributed by atoms with van der Waals surface area (Å²) < 4.78 is 32.6. The number of hydrogen-bond acceptors (Lipinski definition) is 8. The number of hydrogen-bond donors (Lipinski definition) is 0. The van der Waals surface area contributed by atoms with E-state index < -0.39 is 10.0 Å². The summed E-state index contributed by atoms with van der Waals surface area (Å²) >= 11 is 1.43. The minimum Gasteiger partial charge on any atom is -0.360 e. The molecule has 0 radical (unpaired) electrons. The number of anilines is 2. The fourth-order valence-corrected chi connectivity index (χ4v) is 6.59. The molecule has 1 saturated heterocycles. The van der Waals surface area contributed by atoms with Crippen molar-refractivity contribution in [1.29, 1.82) is 0 Å². The van der Waals surface area contributed by atoms with E-state index in [1.54, 1.807) is 18.7 Å². The molecular weight excluding hydrogens is 462 g/mol. The number of amides is 1. The summed E-state index contributed by atoms with van der Waals surface area (Å²) in [5, 5.41) is 6.36. The number of benzene rings is 1. The standard InChI is InChI=1S/C22H27N5O4S2/c1-15-6-5-7-20(12-15)27(18(4)28)22-23-19(14-32-22)13-25-8-10-26(11-9-25)33(29,30)21-16(2)24-31-17(21)3/h5-7,12,14H,8-11,13H2,1-4H3. The summed E-state index contributed by atoms with van der Waals surface area (Å²) in [4.78, 5) is 21.0. The van der Waals surface area contributed by atoms with Gasteiger partial charge in [0.05, 0.1) is 11.4 Å². The molecule has 2 aromatic heterocycles. The van der Waals surface area contributed by atoms with Gasteiger partial charge in [0.2, 0.25) is 15.9 Å². The van der Waals surface area contributed by atoms with Crippen molar-refractivity contribution in [2.75, 3.05) is 31.1 Å². The Kier molecular flexibility index (Phi) is 6.66. The molecule has 0 aliphatic carbocycles. The Morgan fingerprint density at radius 2 is 1.91 bits per heavy atom. The van der Waals surface area contributed by atoms with Gasteiger partial charge in [-0.1, -0.05) is 17.3 Å². The highest BCUT2D eigenvalue weighted by Gasteiger charge is 2.33. The first-order valence-corrected chi connectivity index (χ1v) is 13.0. The molecule has 0 spiro atoms. The number of sulfonamides is 1. The first kappa shape index (κ1) is 23.6. The van der Waals surface area contributed by atoms with E-state index in [2.05, 4.69) is 10.1 Å². The van der Waals surface area contributed by atoms with Gasteiger partial charge in [0.25, 0.3) is 0 Å². The van der Waals surface area contributed by atoms with E-state index in [-0.39, 0.29) is 10.8 Å². The Labute approximate surface area is 197 Å². The van der Waals surface area contributed by atoms with Crippen LogP contribution in [-0.4, -0.2) is 59.8 Å². The molecule has 0 N–H and O–H groups in total. The molecule has 1 aliphatic heterocycles. The average Bonchev–Trinajstić information content (AvgIpc) is 3.34. The van der Waals surface area contributed by atoms with Gasteiger partial charge in [0.1, 0.15) is 10.6 Å². The molecular formula is C22H27N5O4S2. The van der Waals surface area contributed by atoms with Gasteiger partial charge in [0.15, 0.2) is 10.9 Å². The van der Waals surface area contributed by atoms with Crippen molar-refractivity contribution in [1.82, 2.24) is 19.3 Å². The lowest BCUT2D eigenvalue weighted by Crippen LogP contribution is -2.48. The van der Waals surface area contributed by atoms with E-state index in [0.717, 1.165) is 16.9 Å². The number of carbonyl (C=O) groups is 1. The zero-order valence-corrected chi connectivity index (χ0v) is 20.7. The number of rotatable bonds is 6. The molecule has 1 fully saturated rings. The highest BCUT2D eigenvalue weighted by molar-refractivity contribution is 7.89. The Bertz CT molecular complexity index is 1240. The first-order chi connectivity index (χ1) is 15.7. The highest BCUT2D eigenvalue weighted by Crippen LogP contribution is 2.30. The minimum atomic E-state index is -3.63. The predicted octanol–water partition coefficient (Wildman–Crippen LogP) is 3.25. The Morgan fingerprint density at radius 1 is 1.18 bits per heavy atom. The van der Waals surface area contributed by atoms with Crippen LogP contribution in [0.25, 0.3) is 0 Å². The van der Waals surface area contributed by atoms with Crippen molar-refractivity contribution in [2.24, 2.45) is 0 Å². The van der Waals surface area contributed by atoms with Crippen molar-refractivity contribution in [3.63, 3.8) is 0 Å². The molecule has 1 aromatic carbocycles. The second-order valence-electron chi connectivity index (χ2n) is 8.15. The van der Waals surface area contributed by atoms with Crippen LogP contribution in [0.15, 0.2) is 39.1 Å². The van der Waals surface area contributed by atoms with Gasteiger partial charge in [-0.2, -0.15) is 4.31 Å². The lowest BCUT2D eigenvalue weighted by Gasteiger charge is -2.33. The number of aryl methyl sites for hydroxylation is 3. The summed E-state index contributed by atoms with van der Waals surface area (Å²) in [6.07, 6.45) is 0. The van der Waals surface area contributed by atoms with Crippen LogP contribution in [-0.2, 0) is 21.4 Å². The van der Waals surface area contributed by atoms with Crippen molar-refractivity contribution in [3.05, 3.63) is 52.4 Å². The second kappa shape index (κ2) is 9.34. The molecule has 33 heavy (non-hydrogen) atoms. The van der Waals surface area contributed by atoms with E-state index in [1.807, 2.05) is 36.6 Å². The normalized spacial score (nSPS) is 15.6. The van der Waals surface area contributed by atoms with Gasteiger partial charge >= 0.3 is 0 Å². The summed E-state index contributed by atoms with van der Waals surface area (Å²) in [6, 6.07) is 7.76. The van der Waals surface area contributed by atoms with Crippen LogP contribution in [0.1, 0.15) is 29.6 Å². The zero-order chi connectivity index (χ0) is 23.8. The summed E-state index contributed by atoms with van der Waals surface area (Å²) in [5.74, 6) is 0.216. The number of thiazole rings is 1. The summed E-state index contributed by atoms with van der Waals surface area (Å²) in [7, 11) is -3.63. The third-order valence-electron chi connectivity index (χ3n) is 5.59. The molecule has 11 heteroatoms.